The summed E-state index contributed by atoms with van der Waals surface area (Å²) in [6.07, 6.45) is 1.73. The maximum atomic E-state index is 5.67. The Morgan fingerprint density at radius 2 is 1.96 bits per heavy atom. The largest absolute Gasteiger partial charge is 0.490 e. The van der Waals surface area contributed by atoms with Crippen LogP contribution in [0.3, 0.4) is 0 Å². The molecule has 0 aromatic heterocycles. The van der Waals surface area contributed by atoms with Crippen LogP contribution in [-0.4, -0.2) is 57.5 Å². The minimum absolute atomic E-state index is 0. The van der Waals surface area contributed by atoms with Gasteiger partial charge in [-0.3, -0.25) is 4.90 Å². The summed E-state index contributed by atoms with van der Waals surface area (Å²) < 4.78 is 16.6. The molecule has 0 aliphatic carbocycles. The van der Waals surface area contributed by atoms with Gasteiger partial charge in [-0.05, 0) is 24.6 Å². The highest BCUT2D eigenvalue weighted by Crippen LogP contribution is 2.28. The van der Waals surface area contributed by atoms with Crippen molar-refractivity contribution in [2.24, 2.45) is 0 Å². The van der Waals surface area contributed by atoms with Gasteiger partial charge in [0.05, 0.1) is 19.8 Å². The van der Waals surface area contributed by atoms with E-state index in [1.807, 2.05) is 19.1 Å². The smallest absolute Gasteiger partial charge is 0.161 e. The Hall–Kier alpha value is -0.980. The minimum atomic E-state index is 0. The van der Waals surface area contributed by atoms with Crippen LogP contribution in [0.15, 0.2) is 30.9 Å². The number of nitrogens with one attached hydrogen (secondary N) is 1. The third-order valence-electron chi connectivity index (χ3n) is 3.70. The molecule has 0 atom stereocenters. The lowest BCUT2D eigenvalue weighted by Crippen LogP contribution is -2.40. The first-order valence-electron chi connectivity index (χ1n) is 8.33. The van der Waals surface area contributed by atoms with E-state index in [-0.39, 0.29) is 24.8 Å². The fraction of sp³-hybridized carbons (Fsp3) is 0.556. The van der Waals surface area contributed by atoms with Crippen LogP contribution in [-0.2, 0) is 11.3 Å². The van der Waals surface area contributed by atoms with Crippen LogP contribution in [0.25, 0.3) is 0 Å². The van der Waals surface area contributed by atoms with Crippen molar-refractivity contribution in [3.63, 3.8) is 0 Å². The van der Waals surface area contributed by atoms with E-state index in [2.05, 4.69) is 22.9 Å². The van der Waals surface area contributed by atoms with Gasteiger partial charge in [0, 0.05) is 32.7 Å². The molecule has 1 aromatic carbocycles. The number of hydrogen-bond acceptors (Lipinski definition) is 5. The predicted octanol–water partition coefficient (Wildman–Crippen LogP) is 2.92. The summed E-state index contributed by atoms with van der Waals surface area (Å²) in [4.78, 5) is 2.42. The Kier molecular flexibility index (Phi) is 13.7. The molecule has 0 amide bonds. The van der Waals surface area contributed by atoms with E-state index in [0.717, 1.165) is 57.4 Å². The Morgan fingerprint density at radius 3 is 2.64 bits per heavy atom. The lowest BCUT2D eigenvalue weighted by Gasteiger charge is -2.26. The number of rotatable bonds is 10. The average molecular weight is 393 g/mol. The van der Waals surface area contributed by atoms with Crippen LogP contribution in [0, 0.1) is 0 Å². The van der Waals surface area contributed by atoms with Gasteiger partial charge >= 0.3 is 0 Å². The molecule has 7 heteroatoms. The second-order valence-corrected chi connectivity index (χ2v) is 5.44. The number of morpholine rings is 1. The van der Waals surface area contributed by atoms with E-state index in [1.54, 1.807) is 6.08 Å². The Morgan fingerprint density at radius 1 is 1.20 bits per heavy atom. The van der Waals surface area contributed by atoms with Gasteiger partial charge in [-0.2, -0.15) is 0 Å². The van der Waals surface area contributed by atoms with Crippen LogP contribution >= 0.6 is 24.8 Å². The highest BCUT2D eigenvalue weighted by molar-refractivity contribution is 5.85. The highest BCUT2D eigenvalue weighted by atomic mass is 35.5. The maximum absolute atomic E-state index is 5.67. The second kappa shape index (κ2) is 14.2. The van der Waals surface area contributed by atoms with E-state index in [4.69, 9.17) is 14.2 Å². The van der Waals surface area contributed by atoms with Crippen molar-refractivity contribution in [3.8, 4) is 11.5 Å². The first-order valence-corrected chi connectivity index (χ1v) is 8.33. The highest BCUT2D eigenvalue weighted by Gasteiger charge is 2.09. The molecule has 0 bridgehead atoms. The van der Waals surface area contributed by atoms with Gasteiger partial charge in [-0.1, -0.05) is 18.7 Å². The molecule has 5 nitrogen and oxygen atoms in total. The summed E-state index contributed by atoms with van der Waals surface area (Å²) in [6, 6.07) is 6.08. The van der Waals surface area contributed by atoms with Crippen molar-refractivity contribution in [1.29, 1.82) is 0 Å². The molecular weight excluding hydrogens is 363 g/mol. The van der Waals surface area contributed by atoms with Gasteiger partial charge in [0.25, 0.3) is 0 Å². The normalized spacial score (nSPS) is 14.1. The molecule has 1 aliphatic heterocycles. The van der Waals surface area contributed by atoms with Gasteiger partial charge < -0.3 is 19.5 Å². The zero-order valence-electron chi connectivity index (χ0n) is 14.9. The molecule has 1 saturated heterocycles. The third-order valence-corrected chi connectivity index (χ3v) is 3.70. The van der Waals surface area contributed by atoms with Crippen molar-refractivity contribution < 1.29 is 14.2 Å². The zero-order valence-corrected chi connectivity index (χ0v) is 16.5. The van der Waals surface area contributed by atoms with E-state index < -0.39 is 0 Å². The van der Waals surface area contributed by atoms with Gasteiger partial charge in [-0.15, -0.1) is 24.8 Å². The van der Waals surface area contributed by atoms with Crippen molar-refractivity contribution in [1.82, 2.24) is 10.2 Å². The van der Waals surface area contributed by atoms with Crippen LogP contribution < -0.4 is 14.8 Å². The Labute approximate surface area is 163 Å². The standard InChI is InChI=1S/C18H28N2O3.2ClH/c1-3-11-23-17-6-5-16(14-18(17)22-4-2)15-19-7-8-20-9-12-21-13-10-20;;/h3,5-6,14,19H,1,4,7-13,15H2,2H3;2*1H. The molecule has 0 spiro atoms. The average Bonchev–Trinajstić information content (AvgIpc) is 2.59. The van der Waals surface area contributed by atoms with E-state index in [9.17, 15) is 0 Å². The summed E-state index contributed by atoms with van der Waals surface area (Å²) in [5, 5.41) is 3.49. The molecule has 1 aromatic rings. The molecule has 2 rings (SSSR count). The van der Waals surface area contributed by atoms with Crippen LogP contribution in [0.2, 0.25) is 0 Å². The van der Waals surface area contributed by atoms with Crippen molar-refractivity contribution in [3.05, 3.63) is 36.4 Å². The fourth-order valence-corrected chi connectivity index (χ4v) is 2.49. The zero-order chi connectivity index (χ0) is 16.3. The number of halogens is 2. The van der Waals surface area contributed by atoms with Gasteiger partial charge in [0.1, 0.15) is 6.61 Å². The third kappa shape index (κ3) is 8.79. The molecule has 0 saturated carbocycles. The molecular formula is C18H30Cl2N2O3. The van der Waals surface area contributed by atoms with Gasteiger partial charge in [0.2, 0.25) is 0 Å². The van der Waals surface area contributed by atoms with E-state index in [1.165, 1.54) is 5.56 Å². The maximum Gasteiger partial charge on any atom is 0.161 e. The second-order valence-electron chi connectivity index (χ2n) is 5.44. The molecule has 1 aliphatic rings. The molecule has 0 unspecified atom stereocenters. The fourth-order valence-electron chi connectivity index (χ4n) is 2.49. The quantitative estimate of drug-likeness (QED) is 0.489. The number of hydrogen-bond donors (Lipinski definition) is 1. The molecule has 1 fully saturated rings. The number of ether oxygens (including phenoxy) is 3. The Balaban J connectivity index is 0.00000288. The van der Waals surface area contributed by atoms with Crippen molar-refractivity contribution in [2.45, 2.75) is 13.5 Å². The minimum Gasteiger partial charge on any atom is -0.490 e. The monoisotopic (exact) mass is 392 g/mol. The predicted molar refractivity (Wildman–Crippen MR) is 107 cm³/mol. The van der Waals surface area contributed by atoms with Crippen molar-refractivity contribution in [2.75, 3.05) is 52.6 Å². The van der Waals surface area contributed by atoms with Gasteiger partial charge in [-0.25, -0.2) is 0 Å². The first-order chi connectivity index (χ1) is 11.3. The van der Waals surface area contributed by atoms with Crippen LogP contribution in [0.4, 0.5) is 0 Å². The Bertz CT molecular complexity index is 483. The lowest BCUT2D eigenvalue weighted by molar-refractivity contribution is 0.0384. The topological polar surface area (TPSA) is 43.0 Å². The van der Waals surface area contributed by atoms with Gasteiger partial charge in [0.15, 0.2) is 11.5 Å². The summed E-state index contributed by atoms with van der Waals surface area (Å²) in [7, 11) is 0. The van der Waals surface area contributed by atoms with E-state index >= 15 is 0 Å². The SMILES string of the molecule is C=CCOc1ccc(CNCCN2CCOCC2)cc1OCC.Cl.Cl. The number of nitrogens with zero attached hydrogens (tertiary/aromatic N) is 1. The van der Waals surface area contributed by atoms with Crippen molar-refractivity contribution >= 4 is 24.8 Å². The van der Waals surface area contributed by atoms with E-state index in [0.29, 0.717) is 13.2 Å². The summed E-state index contributed by atoms with van der Waals surface area (Å²) in [5.41, 5.74) is 1.20. The van der Waals surface area contributed by atoms with Crippen LogP contribution in [0.5, 0.6) is 11.5 Å². The number of benzene rings is 1. The lowest BCUT2D eigenvalue weighted by atomic mass is 10.2. The molecule has 1 heterocycles. The first kappa shape index (κ1) is 24.0. The molecule has 25 heavy (non-hydrogen) atoms. The summed E-state index contributed by atoms with van der Waals surface area (Å²) >= 11 is 0. The summed E-state index contributed by atoms with van der Waals surface area (Å²) in [5.74, 6) is 1.56. The molecule has 0 radical (unpaired) electrons. The molecule has 1 N–H and O–H groups in total. The van der Waals surface area contributed by atoms with Crippen LogP contribution in [0.1, 0.15) is 12.5 Å². The molecule has 144 valence electrons. The summed E-state index contributed by atoms with van der Waals surface area (Å²) in [6.45, 7) is 13.4.